The van der Waals surface area contributed by atoms with Gasteiger partial charge in [0, 0.05) is 23.5 Å². The van der Waals surface area contributed by atoms with Gasteiger partial charge in [-0.25, -0.2) is 18.6 Å². The number of aliphatic hydroxyl groups excluding tert-OH is 1. The molecule has 1 aromatic carbocycles. The monoisotopic (exact) mass is 313 g/mol. The lowest BCUT2D eigenvalue weighted by Crippen LogP contribution is -2.20. The zero-order valence-corrected chi connectivity index (χ0v) is 11.3. The molecule has 5 nitrogen and oxygen atoms in total. The molecule has 0 bridgehead atoms. The fraction of sp³-hybridized carbons (Fsp3) is 0.0769. The van der Waals surface area contributed by atoms with Gasteiger partial charge >= 0.3 is 6.03 Å². The molecule has 0 radical (unpaired) electrons. The molecule has 1 heterocycles. The number of urea groups is 1. The van der Waals surface area contributed by atoms with Gasteiger partial charge in [0.15, 0.2) is 0 Å². The first-order chi connectivity index (χ1) is 9.99. The van der Waals surface area contributed by atoms with Crippen LogP contribution in [0.15, 0.2) is 30.5 Å². The van der Waals surface area contributed by atoms with Crippen molar-refractivity contribution in [2.45, 2.75) is 6.61 Å². The summed E-state index contributed by atoms with van der Waals surface area (Å²) in [6.07, 6.45) is 1.39. The van der Waals surface area contributed by atoms with Crippen LogP contribution in [0.4, 0.5) is 25.0 Å². The van der Waals surface area contributed by atoms with E-state index in [-0.39, 0.29) is 16.4 Å². The predicted molar refractivity (Wildman–Crippen MR) is 74.2 cm³/mol. The van der Waals surface area contributed by atoms with Crippen LogP contribution in [0, 0.1) is 11.6 Å². The van der Waals surface area contributed by atoms with Crippen molar-refractivity contribution in [3.8, 4) is 0 Å². The molecule has 0 unspecified atom stereocenters. The van der Waals surface area contributed by atoms with Crippen molar-refractivity contribution < 1.29 is 18.7 Å². The number of carbonyl (C=O) groups excluding carboxylic acids is 1. The fourth-order valence-corrected chi connectivity index (χ4v) is 1.81. The first kappa shape index (κ1) is 15.1. The molecule has 0 aliphatic carbocycles. The van der Waals surface area contributed by atoms with E-state index in [1.807, 2.05) is 0 Å². The number of pyridine rings is 1. The largest absolute Gasteiger partial charge is 0.391 e. The summed E-state index contributed by atoms with van der Waals surface area (Å²) in [6.45, 7) is -0.678. The van der Waals surface area contributed by atoms with E-state index in [4.69, 9.17) is 16.7 Å². The Bertz CT molecular complexity index is 682. The van der Waals surface area contributed by atoms with Crippen molar-refractivity contribution in [3.63, 3.8) is 0 Å². The van der Waals surface area contributed by atoms with Crippen LogP contribution in [0.5, 0.6) is 0 Å². The summed E-state index contributed by atoms with van der Waals surface area (Å²) in [5, 5.41) is 13.9. The van der Waals surface area contributed by atoms with Crippen LogP contribution in [0.3, 0.4) is 0 Å². The Morgan fingerprint density at radius 3 is 2.71 bits per heavy atom. The van der Waals surface area contributed by atoms with Crippen LogP contribution in [-0.2, 0) is 6.61 Å². The van der Waals surface area contributed by atoms with E-state index in [1.165, 1.54) is 18.3 Å². The Kier molecular flexibility index (Phi) is 4.66. The third kappa shape index (κ3) is 3.87. The van der Waals surface area contributed by atoms with E-state index >= 15 is 0 Å². The zero-order valence-electron chi connectivity index (χ0n) is 10.5. The molecule has 0 saturated carbocycles. The average molecular weight is 314 g/mol. The smallest absolute Gasteiger partial charge is 0.323 e. The summed E-state index contributed by atoms with van der Waals surface area (Å²) in [7, 11) is 0. The highest BCUT2D eigenvalue weighted by molar-refractivity contribution is 6.29. The number of aliphatic hydroxyl groups is 1. The number of halogens is 3. The standard InChI is InChI=1S/C13H10ClF2N3O2/c14-12-5-8(1-2-17-12)18-13(21)19-11-4-7(15)3-10(16)9(11)6-20/h1-5,20H,6H2,(H2,17,18,19,21). The second kappa shape index (κ2) is 6.47. The van der Waals surface area contributed by atoms with Gasteiger partial charge < -0.3 is 15.7 Å². The second-order valence-electron chi connectivity index (χ2n) is 4.02. The molecule has 3 N–H and O–H groups in total. The zero-order chi connectivity index (χ0) is 15.4. The van der Waals surface area contributed by atoms with Gasteiger partial charge in [0.25, 0.3) is 0 Å². The number of nitrogens with one attached hydrogen (secondary N) is 2. The molecule has 2 aromatic rings. The molecule has 0 fully saturated rings. The van der Waals surface area contributed by atoms with Gasteiger partial charge in [-0.1, -0.05) is 11.6 Å². The minimum absolute atomic E-state index is 0.160. The molecular formula is C13H10ClF2N3O2. The Morgan fingerprint density at radius 1 is 1.29 bits per heavy atom. The van der Waals surface area contributed by atoms with Crippen molar-refractivity contribution in [3.05, 3.63) is 52.8 Å². The van der Waals surface area contributed by atoms with Crippen molar-refractivity contribution >= 4 is 29.0 Å². The van der Waals surface area contributed by atoms with Crippen LogP contribution in [0.2, 0.25) is 5.15 Å². The highest BCUT2D eigenvalue weighted by atomic mass is 35.5. The Labute approximate surface area is 123 Å². The maximum Gasteiger partial charge on any atom is 0.323 e. The quantitative estimate of drug-likeness (QED) is 0.762. The number of nitrogens with zero attached hydrogens (tertiary/aromatic N) is 1. The summed E-state index contributed by atoms with van der Waals surface area (Å²) in [6, 6.07) is 3.69. The van der Waals surface area contributed by atoms with Crippen LogP contribution >= 0.6 is 11.6 Å². The van der Waals surface area contributed by atoms with E-state index in [2.05, 4.69) is 15.6 Å². The van der Waals surface area contributed by atoms with Crippen molar-refractivity contribution in [1.82, 2.24) is 4.98 Å². The molecule has 1 aromatic heterocycles. The normalized spacial score (nSPS) is 10.3. The molecule has 0 aliphatic heterocycles. The van der Waals surface area contributed by atoms with Crippen molar-refractivity contribution in [2.24, 2.45) is 0 Å². The van der Waals surface area contributed by atoms with Gasteiger partial charge in [0.1, 0.15) is 16.8 Å². The molecule has 0 aliphatic rings. The van der Waals surface area contributed by atoms with Crippen LogP contribution in [0.25, 0.3) is 0 Å². The predicted octanol–water partition coefficient (Wildman–Crippen LogP) is 3.15. The van der Waals surface area contributed by atoms with E-state index in [9.17, 15) is 13.6 Å². The van der Waals surface area contributed by atoms with Gasteiger partial charge in [0.2, 0.25) is 0 Å². The highest BCUT2D eigenvalue weighted by Crippen LogP contribution is 2.21. The first-order valence-electron chi connectivity index (χ1n) is 5.78. The molecule has 2 rings (SSSR count). The van der Waals surface area contributed by atoms with Crippen molar-refractivity contribution in [1.29, 1.82) is 0 Å². The minimum atomic E-state index is -0.945. The second-order valence-corrected chi connectivity index (χ2v) is 4.41. The number of hydrogen-bond acceptors (Lipinski definition) is 3. The Morgan fingerprint density at radius 2 is 2.05 bits per heavy atom. The highest BCUT2D eigenvalue weighted by Gasteiger charge is 2.13. The summed E-state index contributed by atoms with van der Waals surface area (Å²) in [5.74, 6) is -1.81. The molecule has 21 heavy (non-hydrogen) atoms. The Balaban J connectivity index is 2.16. The molecule has 0 spiro atoms. The minimum Gasteiger partial charge on any atom is -0.391 e. The Hall–Kier alpha value is -2.25. The fourth-order valence-electron chi connectivity index (χ4n) is 1.64. The summed E-state index contributed by atoms with van der Waals surface area (Å²) >= 11 is 5.66. The maximum absolute atomic E-state index is 13.4. The summed E-state index contributed by atoms with van der Waals surface area (Å²) in [5.41, 5.74) is -0.0121. The van der Waals surface area contributed by atoms with Crippen molar-refractivity contribution in [2.75, 3.05) is 10.6 Å². The summed E-state index contributed by atoms with van der Waals surface area (Å²) in [4.78, 5) is 15.5. The molecule has 0 saturated heterocycles. The lowest BCUT2D eigenvalue weighted by molar-refractivity contribution is 0.261. The van der Waals surface area contributed by atoms with E-state index in [1.54, 1.807) is 0 Å². The van der Waals surface area contributed by atoms with Gasteiger partial charge in [-0.2, -0.15) is 0 Å². The third-order valence-electron chi connectivity index (χ3n) is 2.55. The van der Waals surface area contributed by atoms with E-state index in [0.29, 0.717) is 11.8 Å². The number of aromatic nitrogens is 1. The summed E-state index contributed by atoms with van der Waals surface area (Å²) < 4.78 is 26.6. The van der Waals surface area contributed by atoms with E-state index in [0.717, 1.165) is 6.07 Å². The van der Waals surface area contributed by atoms with Gasteiger partial charge in [-0.15, -0.1) is 0 Å². The number of anilines is 2. The number of carbonyl (C=O) groups is 1. The topological polar surface area (TPSA) is 74.2 Å². The van der Waals surface area contributed by atoms with Gasteiger partial charge in [-0.3, -0.25) is 0 Å². The van der Waals surface area contributed by atoms with Gasteiger partial charge in [0.05, 0.1) is 12.3 Å². The van der Waals surface area contributed by atoms with Crippen LogP contribution in [-0.4, -0.2) is 16.1 Å². The molecule has 0 atom stereocenters. The van der Waals surface area contributed by atoms with Crippen LogP contribution < -0.4 is 10.6 Å². The number of rotatable bonds is 3. The third-order valence-corrected chi connectivity index (χ3v) is 2.76. The molecular weight excluding hydrogens is 304 g/mol. The molecule has 2 amide bonds. The van der Waals surface area contributed by atoms with Gasteiger partial charge in [-0.05, 0) is 18.2 Å². The first-order valence-corrected chi connectivity index (χ1v) is 6.15. The molecule has 8 heteroatoms. The number of benzene rings is 1. The molecule has 110 valence electrons. The SMILES string of the molecule is O=C(Nc1ccnc(Cl)c1)Nc1cc(F)cc(F)c1CO. The lowest BCUT2D eigenvalue weighted by Gasteiger charge is -2.11. The number of hydrogen-bond donors (Lipinski definition) is 3. The van der Waals surface area contributed by atoms with Crippen LogP contribution in [0.1, 0.15) is 5.56 Å². The maximum atomic E-state index is 13.4. The lowest BCUT2D eigenvalue weighted by atomic mass is 10.1. The number of amides is 2. The van der Waals surface area contributed by atoms with E-state index < -0.39 is 24.3 Å². The average Bonchev–Trinajstić information content (AvgIpc) is 2.37.